The van der Waals surface area contributed by atoms with Crippen molar-refractivity contribution in [2.24, 2.45) is 5.73 Å². The molecule has 0 spiro atoms. The monoisotopic (exact) mass is 343 g/mol. The summed E-state index contributed by atoms with van der Waals surface area (Å²) in [5.41, 5.74) is 9.38. The molecule has 0 heterocycles. The van der Waals surface area contributed by atoms with Crippen LogP contribution in [-0.4, -0.2) is 23.8 Å². The van der Waals surface area contributed by atoms with Gasteiger partial charge in [-0.15, -0.1) is 0 Å². The maximum atomic E-state index is 10.6. The maximum Gasteiger partial charge on any atom is 0.490 e. The predicted octanol–water partition coefficient (Wildman–Crippen LogP) is 3.99. The van der Waals surface area contributed by atoms with Gasteiger partial charge in [-0.05, 0) is 36.1 Å². The summed E-state index contributed by atoms with van der Waals surface area (Å²) in [6.45, 7) is 0.525. The van der Waals surface area contributed by atoms with Gasteiger partial charge in [0.25, 0.3) is 0 Å². The molecule has 0 unspecified atom stereocenters. The molecule has 3 N–H and O–H groups in total. The third kappa shape index (κ3) is 9.33. The third-order valence-electron chi connectivity index (χ3n) is 2.31. The Kier molecular flexibility index (Phi) is 9.08. The fraction of sp³-hybridized carbons (Fsp3) is 0.308. The van der Waals surface area contributed by atoms with Crippen molar-refractivity contribution in [3.63, 3.8) is 0 Å². The SMILES string of the molecule is NC/C(=C\Cl)CCc1ccc(Cl)cc1.O=C(O)C(F)(F)F. The van der Waals surface area contributed by atoms with Crippen molar-refractivity contribution in [3.05, 3.63) is 46.0 Å². The van der Waals surface area contributed by atoms with E-state index in [0.717, 1.165) is 23.4 Å². The molecule has 8 heteroatoms. The van der Waals surface area contributed by atoms with E-state index in [4.69, 9.17) is 38.8 Å². The normalized spacial score (nSPS) is 11.6. The second-order valence-electron chi connectivity index (χ2n) is 3.90. The quantitative estimate of drug-likeness (QED) is 0.868. The van der Waals surface area contributed by atoms with Crippen LogP contribution in [0.5, 0.6) is 0 Å². The number of hydrogen-bond donors (Lipinski definition) is 2. The molecule has 0 aliphatic heterocycles. The Balaban J connectivity index is 0.000000486. The van der Waals surface area contributed by atoms with Crippen molar-refractivity contribution in [1.29, 1.82) is 0 Å². The lowest BCUT2D eigenvalue weighted by Crippen LogP contribution is -2.21. The van der Waals surface area contributed by atoms with E-state index in [-0.39, 0.29) is 0 Å². The van der Waals surface area contributed by atoms with Gasteiger partial charge in [-0.1, -0.05) is 35.3 Å². The summed E-state index contributed by atoms with van der Waals surface area (Å²) in [5.74, 6) is -2.76. The fourth-order valence-electron chi connectivity index (χ4n) is 1.16. The van der Waals surface area contributed by atoms with Gasteiger partial charge in [0.1, 0.15) is 0 Å². The van der Waals surface area contributed by atoms with Gasteiger partial charge >= 0.3 is 12.1 Å². The summed E-state index contributed by atoms with van der Waals surface area (Å²) in [6.07, 6.45) is -3.23. The molecule has 0 bridgehead atoms. The molecule has 3 nitrogen and oxygen atoms in total. The highest BCUT2D eigenvalue weighted by Gasteiger charge is 2.38. The number of benzene rings is 1. The van der Waals surface area contributed by atoms with Crippen LogP contribution in [0, 0.1) is 0 Å². The number of carbonyl (C=O) groups is 1. The van der Waals surface area contributed by atoms with Gasteiger partial charge in [-0.2, -0.15) is 13.2 Å². The fourth-order valence-corrected chi connectivity index (χ4v) is 1.48. The summed E-state index contributed by atoms with van der Waals surface area (Å²) in [7, 11) is 0. The zero-order valence-electron chi connectivity index (χ0n) is 10.8. The van der Waals surface area contributed by atoms with Gasteiger partial charge in [0.15, 0.2) is 0 Å². The first-order chi connectivity index (χ1) is 9.70. The van der Waals surface area contributed by atoms with E-state index in [9.17, 15) is 13.2 Å². The van der Waals surface area contributed by atoms with Crippen LogP contribution >= 0.6 is 23.2 Å². The first-order valence-electron chi connectivity index (χ1n) is 5.73. The average Bonchev–Trinajstić information content (AvgIpc) is 2.41. The number of carboxylic acids is 1. The lowest BCUT2D eigenvalue weighted by molar-refractivity contribution is -0.192. The number of aliphatic carboxylic acids is 1. The average molecular weight is 344 g/mol. The lowest BCUT2D eigenvalue weighted by Gasteiger charge is -2.03. The number of alkyl halides is 3. The molecular formula is C13H14Cl2F3NO2. The van der Waals surface area contributed by atoms with Crippen molar-refractivity contribution in [1.82, 2.24) is 0 Å². The van der Waals surface area contributed by atoms with Crippen molar-refractivity contribution < 1.29 is 23.1 Å². The molecule has 1 rings (SSSR count). The Labute approximate surface area is 130 Å². The standard InChI is InChI=1S/C11H13Cl2N.C2HF3O2/c12-7-10(8-14)2-1-9-3-5-11(13)6-4-9;3-2(4,5)1(6)7/h3-7H,1-2,8,14H2;(H,6,7)/b10-7-;. The molecule has 0 aliphatic rings. The molecule has 0 radical (unpaired) electrons. The van der Waals surface area contributed by atoms with E-state index in [2.05, 4.69) is 0 Å². The van der Waals surface area contributed by atoms with Crippen LogP contribution < -0.4 is 5.73 Å². The van der Waals surface area contributed by atoms with Crippen LogP contribution in [-0.2, 0) is 11.2 Å². The minimum absolute atomic E-state index is 0.525. The molecule has 0 amide bonds. The minimum Gasteiger partial charge on any atom is -0.475 e. The van der Waals surface area contributed by atoms with Gasteiger partial charge in [-0.3, -0.25) is 0 Å². The minimum atomic E-state index is -5.08. The Morgan fingerprint density at radius 3 is 2.10 bits per heavy atom. The summed E-state index contributed by atoms with van der Waals surface area (Å²) in [4.78, 5) is 8.90. The molecule has 118 valence electrons. The van der Waals surface area contributed by atoms with E-state index in [0.29, 0.717) is 6.54 Å². The second-order valence-corrected chi connectivity index (χ2v) is 4.56. The molecule has 0 saturated carbocycles. The Morgan fingerprint density at radius 2 is 1.76 bits per heavy atom. The van der Waals surface area contributed by atoms with Gasteiger partial charge in [0, 0.05) is 17.1 Å². The first kappa shape index (κ1) is 19.8. The molecule has 0 aliphatic carbocycles. The van der Waals surface area contributed by atoms with Crippen LogP contribution in [0.3, 0.4) is 0 Å². The van der Waals surface area contributed by atoms with Crippen molar-refractivity contribution >= 4 is 29.2 Å². The van der Waals surface area contributed by atoms with Gasteiger partial charge < -0.3 is 10.8 Å². The Hall–Kier alpha value is -1.24. The van der Waals surface area contributed by atoms with Crippen LogP contribution in [0.2, 0.25) is 5.02 Å². The maximum absolute atomic E-state index is 10.6. The summed E-state index contributed by atoms with van der Waals surface area (Å²) in [5, 5.41) is 7.89. The number of hydrogen-bond acceptors (Lipinski definition) is 2. The number of carboxylic acid groups (broad SMARTS) is 1. The van der Waals surface area contributed by atoms with Gasteiger partial charge in [-0.25, -0.2) is 4.79 Å². The highest BCUT2D eigenvalue weighted by molar-refractivity contribution is 6.30. The zero-order chi connectivity index (χ0) is 16.5. The number of aryl methyl sites for hydroxylation is 1. The smallest absolute Gasteiger partial charge is 0.475 e. The van der Waals surface area contributed by atoms with E-state index in [1.807, 2.05) is 24.3 Å². The topological polar surface area (TPSA) is 63.3 Å². The molecule has 0 aromatic heterocycles. The third-order valence-corrected chi connectivity index (χ3v) is 2.87. The molecule has 1 aromatic carbocycles. The van der Waals surface area contributed by atoms with Crippen LogP contribution in [0.1, 0.15) is 12.0 Å². The highest BCUT2D eigenvalue weighted by atomic mass is 35.5. The number of halogens is 5. The van der Waals surface area contributed by atoms with Crippen molar-refractivity contribution in [3.8, 4) is 0 Å². The molecule has 0 saturated heterocycles. The summed E-state index contributed by atoms with van der Waals surface area (Å²) in [6, 6.07) is 7.82. The van der Waals surface area contributed by atoms with E-state index < -0.39 is 12.1 Å². The molecule has 0 fully saturated rings. The molecular weight excluding hydrogens is 330 g/mol. The highest BCUT2D eigenvalue weighted by Crippen LogP contribution is 2.14. The van der Waals surface area contributed by atoms with Crippen LogP contribution in [0.4, 0.5) is 13.2 Å². The van der Waals surface area contributed by atoms with Gasteiger partial charge in [0.2, 0.25) is 0 Å². The lowest BCUT2D eigenvalue weighted by atomic mass is 10.1. The molecule has 1 aromatic rings. The van der Waals surface area contributed by atoms with E-state index >= 15 is 0 Å². The molecule has 0 atom stereocenters. The Bertz CT molecular complexity index is 473. The second kappa shape index (κ2) is 9.65. The van der Waals surface area contributed by atoms with Crippen molar-refractivity contribution in [2.45, 2.75) is 19.0 Å². The number of rotatable bonds is 4. The number of nitrogens with two attached hydrogens (primary N) is 1. The van der Waals surface area contributed by atoms with Crippen molar-refractivity contribution in [2.75, 3.05) is 6.54 Å². The summed E-state index contributed by atoms with van der Waals surface area (Å²) < 4.78 is 31.7. The molecule has 21 heavy (non-hydrogen) atoms. The van der Waals surface area contributed by atoms with E-state index in [1.165, 1.54) is 5.56 Å². The van der Waals surface area contributed by atoms with Crippen LogP contribution in [0.25, 0.3) is 0 Å². The Morgan fingerprint density at radius 1 is 1.29 bits per heavy atom. The van der Waals surface area contributed by atoms with E-state index in [1.54, 1.807) is 5.54 Å². The predicted molar refractivity (Wildman–Crippen MR) is 76.5 cm³/mol. The van der Waals surface area contributed by atoms with Crippen LogP contribution in [0.15, 0.2) is 35.4 Å². The first-order valence-corrected chi connectivity index (χ1v) is 6.55. The zero-order valence-corrected chi connectivity index (χ0v) is 12.3. The largest absolute Gasteiger partial charge is 0.490 e. The van der Waals surface area contributed by atoms with Gasteiger partial charge in [0.05, 0.1) is 0 Å². The summed E-state index contributed by atoms with van der Waals surface area (Å²) >= 11 is 11.4.